The Balaban J connectivity index is 1.90. The van der Waals surface area contributed by atoms with Crippen LogP contribution in [-0.4, -0.2) is 63.8 Å². The molecule has 0 amide bonds. The van der Waals surface area contributed by atoms with Gasteiger partial charge in [0.2, 0.25) is 0 Å². The first kappa shape index (κ1) is 23.9. The highest BCUT2D eigenvalue weighted by Gasteiger charge is 2.30. The molecule has 3 rings (SSSR count). The average Bonchev–Trinajstić information content (AvgIpc) is 3.66. The van der Waals surface area contributed by atoms with Gasteiger partial charge in [0.25, 0.3) is 0 Å². The van der Waals surface area contributed by atoms with Crippen LogP contribution in [0.1, 0.15) is 39.5 Å². The third-order valence-electron chi connectivity index (χ3n) is 4.99. The van der Waals surface area contributed by atoms with Gasteiger partial charge in [-0.25, -0.2) is 28.1 Å². The highest BCUT2D eigenvalue weighted by atomic mass is 16.6. The van der Waals surface area contributed by atoms with Crippen LogP contribution >= 0.6 is 0 Å². The van der Waals surface area contributed by atoms with Crippen molar-refractivity contribution in [2.45, 2.75) is 77.5 Å². The van der Waals surface area contributed by atoms with Gasteiger partial charge >= 0.3 is 29.0 Å². The minimum atomic E-state index is -1.06. The van der Waals surface area contributed by atoms with Crippen LogP contribution in [0.5, 0.6) is 0 Å². The second-order valence-corrected chi connectivity index (χ2v) is 7.89. The van der Waals surface area contributed by atoms with Gasteiger partial charge in [-0.1, -0.05) is 13.8 Å². The molecule has 2 aliphatic rings. The van der Waals surface area contributed by atoms with Crippen molar-refractivity contribution in [1.29, 1.82) is 0 Å². The summed E-state index contributed by atoms with van der Waals surface area (Å²) in [5.41, 5.74) is -2.41. The van der Waals surface area contributed by atoms with E-state index < -0.39 is 35.1 Å². The fraction of sp³-hybridized carbons (Fsp3) is 0.750. The van der Waals surface area contributed by atoms with Crippen molar-refractivity contribution in [3.05, 3.63) is 31.5 Å². The summed E-state index contributed by atoms with van der Waals surface area (Å²) in [5.74, 6) is -1.01. The second kappa shape index (κ2) is 10.7. The SMILES string of the molecule is CCCC(=O)OCC(Cn1c(=O)n(CC2CO2)c(=O)n(CC2CO2)c1=O)OC(=O)CCC. The molecule has 0 radical (unpaired) electrons. The van der Waals surface area contributed by atoms with E-state index in [4.69, 9.17) is 18.9 Å². The Morgan fingerprint density at radius 2 is 1.34 bits per heavy atom. The van der Waals surface area contributed by atoms with Crippen molar-refractivity contribution in [2.75, 3.05) is 19.8 Å². The molecule has 12 heteroatoms. The summed E-state index contributed by atoms with van der Waals surface area (Å²) in [5, 5.41) is 0. The van der Waals surface area contributed by atoms with Crippen molar-refractivity contribution in [3.8, 4) is 0 Å². The van der Waals surface area contributed by atoms with Gasteiger partial charge in [0.1, 0.15) is 6.61 Å². The lowest BCUT2D eigenvalue weighted by molar-refractivity contribution is -0.160. The van der Waals surface area contributed by atoms with Crippen molar-refractivity contribution in [3.63, 3.8) is 0 Å². The zero-order valence-electron chi connectivity index (χ0n) is 18.3. The highest BCUT2D eigenvalue weighted by molar-refractivity contribution is 5.70. The van der Waals surface area contributed by atoms with Crippen LogP contribution < -0.4 is 17.1 Å². The molecule has 0 aromatic carbocycles. The molecular weight excluding hydrogens is 426 g/mol. The molecule has 3 atom stereocenters. The van der Waals surface area contributed by atoms with E-state index >= 15 is 0 Å². The van der Waals surface area contributed by atoms with E-state index in [2.05, 4.69) is 0 Å². The molecular formula is C20H29N3O9. The van der Waals surface area contributed by atoms with Gasteiger partial charge in [-0.05, 0) is 12.8 Å². The topological polar surface area (TPSA) is 144 Å². The predicted molar refractivity (Wildman–Crippen MR) is 109 cm³/mol. The first-order valence-electron chi connectivity index (χ1n) is 10.9. The molecule has 1 aromatic heterocycles. The molecule has 1 aromatic rings. The maximum atomic E-state index is 13.0. The van der Waals surface area contributed by atoms with Crippen molar-refractivity contribution >= 4 is 11.9 Å². The molecule has 2 fully saturated rings. The number of hydrogen-bond donors (Lipinski definition) is 0. The quantitative estimate of drug-likeness (QED) is 0.271. The molecule has 2 saturated heterocycles. The first-order chi connectivity index (χ1) is 15.3. The van der Waals surface area contributed by atoms with Crippen molar-refractivity contribution in [2.24, 2.45) is 0 Å². The Kier molecular flexibility index (Phi) is 8.02. The van der Waals surface area contributed by atoms with Crippen LogP contribution in [0.25, 0.3) is 0 Å². The summed E-state index contributed by atoms with van der Waals surface area (Å²) >= 11 is 0. The molecule has 0 N–H and O–H groups in total. The van der Waals surface area contributed by atoms with Gasteiger partial charge in [0, 0.05) is 12.8 Å². The number of esters is 2. The summed E-state index contributed by atoms with van der Waals surface area (Å²) in [6, 6.07) is 0. The van der Waals surface area contributed by atoms with E-state index in [0.29, 0.717) is 26.1 Å². The summed E-state index contributed by atoms with van der Waals surface area (Å²) in [6.07, 6.45) is -0.154. The summed E-state index contributed by atoms with van der Waals surface area (Å²) < 4.78 is 23.5. The lowest BCUT2D eigenvalue weighted by Crippen LogP contribution is -2.56. The first-order valence-corrected chi connectivity index (χ1v) is 10.9. The second-order valence-electron chi connectivity index (χ2n) is 7.89. The molecule has 32 heavy (non-hydrogen) atoms. The number of rotatable bonds is 13. The van der Waals surface area contributed by atoms with E-state index in [1.165, 1.54) is 0 Å². The third-order valence-corrected chi connectivity index (χ3v) is 4.99. The molecule has 3 unspecified atom stereocenters. The molecule has 0 saturated carbocycles. The minimum Gasteiger partial charge on any atom is -0.462 e. The largest absolute Gasteiger partial charge is 0.462 e. The molecule has 3 heterocycles. The van der Waals surface area contributed by atoms with E-state index in [1.54, 1.807) is 6.92 Å². The smallest absolute Gasteiger partial charge is 0.336 e. The lowest BCUT2D eigenvalue weighted by Gasteiger charge is -2.20. The standard InChI is InChI=1S/C20H29N3O9/c1-3-5-16(24)31-12-15(32-17(25)6-4-2)9-23-19(27)21(7-13-10-29-13)18(26)22(20(23)28)8-14-11-30-14/h13-15H,3-12H2,1-2H3. The number of epoxide rings is 2. The number of aromatic nitrogens is 3. The van der Waals surface area contributed by atoms with Gasteiger partial charge < -0.3 is 18.9 Å². The average molecular weight is 455 g/mol. The highest BCUT2D eigenvalue weighted by Crippen LogP contribution is 2.11. The number of ether oxygens (including phenoxy) is 4. The monoisotopic (exact) mass is 455 g/mol. The summed E-state index contributed by atoms with van der Waals surface area (Å²) in [7, 11) is 0. The summed E-state index contributed by atoms with van der Waals surface area (Å²) in [6.45, 7) is 3.81. The van der Waals surface area contributed by atoms with Gasteiger partial charge in [0.15, 0.2) is 6.10 Å². The predicted octanol–water partition coefficient (Wildman–Crippen LogP) is -0.975. The van der Waals surface area contributed by atoms with Crippen LogP contribution in [-0.2, 0) is 48.2 Å². The molecule has 12 nitrogen and oxygen atoms in total. The molecule has 0 aliphatic carbocycles. The Morgan fingerprint density at radius 3 is 1.81 bits per heavy atom. The summed E-state index contributed by atoms with van der Waals surface area (Å²) in [4.78, 5) is 62.6. The Labute approximate surface area is 183 Å². The maximum absolute atomic E-state index is 13.0. The van der Waals surface area contributed by atoms with Gasteiger partial charge in [-0.15, -0.1) is 0 Å². The zero-order chi connectivity index (χ0) is 23.3. The fourth-order valence-electron chi connectivity index (χ4n) is 3.14. The van der Waals surface area contributed by atoms with E-state index in [0.717, 1.165) is 13.7 Å². The van der Waals surface area contributed by atoms with E-state index in [1.807, 2.05) is 6.92 Å². The lowest BCUT2D eigenvalue weighted by atomic mass is 10.3. The normalized spacial score (nSPS) is 19.9. The third kappa shape index (κ3) is 6.39. The Hall–Kier alpha value is -2.73. The fourth-order valence-corrected chi connectivity index (χ4v) is 3.14. The van der Waals surface area contributed by atoms with Crippen molar-refractivity contribution in [1.82, 2.24) is 13.7 Å². The number of hydrogen-bond acceptors (Lipinski definition) is 9. The molecule has 0 spiro atoms. The van der Waals surface area contributed by atoms with Crippen LogP contribution in [0.2, 0.25) is 0 Å². The van der Waals surface area contributed by atoms with E-state index in [-0.39, 0.29) is 51.3 Å². The number of carbonyl (C=O) groups excluding carboxylic acids is 2. The molecule has 178 valence electrons. The molecule has 0 bridgehead atoms. The number of nitrogens with zero attached hydrogens (tertiary/aromatic N) is 3. The van der Waals surface area contributed by atoms with Gasteiger partial charge in [0.05, 0.1) is 45.1 Å². The van der Waals surface area contributed by atoms with Crippen LogP contribution in [0, 0.1) is 0 Å². The Bertz CT molecular complexity index is 949. The van der Waals surface area contributed by atoms with Gasteiger partial charge in [-0.2, -0.15) is 0 Å². The van der Waals surface area contributed by atoms with Crippen LogP contribution in [0.3, 0.4) is 0 Å². The maximum Gasteiger partial charge on any atom is 0.336 e. The minimum absolute atomic E-state index is 0.00917. The Morgan fingerprint density at radius 1 is 0.875 bits per heavy atom. The van der Waals surface area contributed by atoms with Crippen LogP contribution in [0.15, 0.2) is 14.4 Å². The van der Waals surface area contributed by atoms with E-state index in [9.17, 15) is 24.0 Å². The zero-order valence-corrected chi connectivity index (χ0v) is 18.3. The number of carbonyl (C=O) groups is 2. The molecule has 2 aliphatic heterocycles. The van der Waals surface area contributed by atoms with Crippen molar-refractivity contribution < 1.29 is 28.5 Å². The van der Waals surface area contributed by atoms with Crippen LogP contribution in [0.4, 0.5) is 0 Å². The van der Waals surface area contributed by atoms with Gasteiger partial charge in [-0.3, -0.25) is 9.59 Å².